The number of aromatic nitrogens is 2. The molecule has 3 nitrogen and oxygen atoms in total. The Balaban J connectivity index is 1.76. The average molecular weight is 291 g/mol. The second-order valence-corrected chi connectivity index (χ2v) is 5.48. The van der Waals surface area contributed by atoms with Crippen molar-refractivity contribution in [1.82, 2.24) is 14.9 Å². The summed E-state index contributed by atoms with van der Waals surface area (Å²) in [6, 6.07) is 4.70. The molecule has 1 N–H and O–H groups in total. The lowest BCUT2D eigenvalue weighted by Crippen LogP contribution is -2.34. The minimum Gasteiger partial charge on any atom is -0.331 e. The normalized spacial score (nSPS) is 18.9. The molecule has 0 amide bonds. The first kappa shape index (κ1) is 14.2. The molecule has 1 fully saturated rings. The van der Waals surface area contributed by atoms with Crippen molar-refractivity contribution >= 4 is 0 Å². The quantitative estimate of drug-likeness (QED) is 0.936. The van der Waals surface area contributed by atoms with Gasteiger partial charge in [0.05, 0.1) is 5.56 Å². The molecule has 2 heterocycles. The Labute approximate surface area is 123 Å². The Morgan fingerprint density at radius 3 is 3.00 bits per heavy atom. The van der Waals surface area contributed by atoms with Gasteiger partial charge in [-0.25, -0.2) is 13.8 Å². The number of rotatable bonds is 4. The van der Waals surface area contributed by atoms with Gasteiger partial charge >= 0.3 is 0 Å². The first-order chi connectivity index (χ1) is 10.3. The van der Waals surface area contributed by atoms with E-state index in [-0.39, 0.29) is 5.56 Å². The van der Waals surface area contributed by atoms with Gasteiger partial charge in [-0.3, -0.25) is 0 Å². The van der Waals surface area contributed by atoms with E-state index < -0.39 is 11.6 Å². The summed E-state index contributed by atoms with van der Waals surface area (Å²) in [5, 5.41) is 3.49. The Morgan fingerprint density at radius 1 is 1.29 bits per heavy atom. The number of hydrogen-bond donors (Lipinski definition) is 1. The van der Waals surface area contributed by atoms with Gasteiger partial charge in [0.1, 0.15) is 5.82 Å². The molecule has 0 aliphatic carbocycles. The molecule has 1 aliphatic heterocycles. The second kappa shape index (κ2) is 6.35. The van der Waals surface area contributed by atoms with Crippen LogP contribution < -0.4 is 5.32 Å². The molecular formula is C16H19F2N3. The first-order valence-corrected chi connectivity index (χ1v) is 7.44. The molecule has 5 heteroatoms. The van der Waals surface area contributed by atoms with Crippen molar-refractivity contribution in [3.05, 3.63) is 42.2 Å². The summed E-state index contributed by atoms with van der Waals surface area (Å²) in [5.41, 5.74) is 0.219. The molecule has 0 spiro atoms. The highest BCUT2D eigenvalue weighted by molar-refractivity contribution is 5.56. The Hall–Kier alpha value is -1.75. The van der Waals surface area contributed by atoms with Gasteiger partial charge in [-0.05, 0) is 37.9 Å². The standard InChI is InChI=1S/C16H19F2N3/c17-14-6-3-5-13(15(14)18)16-20-9-11-21(16)10-7-12-4-1-2-8-19-12/h3,5-6,9,11-12,19H,1-2,4,7-8,10H2/t12-/m0/s1. The van der Waals surface area contributed by atoms with Crippen molar-refractivity contribution in [2.24, 2.45) is 0 Å². The van der Waals surface area contributed by atoms with Crippen LogP contribution >= 0.6 is 0 Å². The van der Waals surface area contributed by atoms with E-state index in [9.17, 15) is 8.78 Å². The highest BCUT2D eigenvalue weighted by Gasteiger charge is 2.16. The maximum atomic E-state index is 13.9. The number of nitrogens with one attached hydrogen (secondary N) is 1. The zero-order valence-corrected chi connectivity index (χ0v) is 11.9. The number of piperidine rings is 1. The van der Waals surface area contributed by atoms with Crippen LogP contribution in [-0.4, -0.2) is 22.1 Å². The lowest BCUT2D eigenvalue weighted by molar-refractivity contribution is 0.367. The molecule has 1 atom stereocenters. The molecule has 1 aromatic carbocycles. The number of imidazole rings is 1. The highest BCUT2D eigenvalue weighted by Crippen LogP contribution is 2.23. The minimum absolute atomic E-state index is 0.219. The van der Waals surface area contributed by atoms with Gasteiger partial charge < -0.3 is 9.88 Å². The van der Waals surface area contributed by atoms with Crippen LogP contribution in [0.4, 0.5) is 8.78 Å². The van der Waals surface area contributed by atoms with Gasteiger partial charge in [-0.1, -0.05) is 12.5 Å². The number of halogens is 2. The predicted octanol–water partition coefficient (Wildman–Crippen LogP) is 3.36. The predicted molar refractivity (Wildman–Crippen MR) is 77.8 cm³/mol. The number of aryl methyl sites for hydroxylation is 1. The fourth-order valence-electron chi connectivity index (χ4n) is 2.88. The summed E-state index contributed by atoms with van der Waals surface area (Å²) in [5.74, 6) is -1.18. The van der Waals surface area contributed by atoms with Crippen LogP contribution in [0.5, 0.6) is 0 Å². The lowest BCUT2D eigenvalue weighted by atomic mass is 10.0. The van der Waals surface area contributed by atoms with E-state index in [1.54, 1.807) is 12.3 Å². The van der Waals surface area contributed by atoms with Gasteiger partial charge in [0.15, 0.2) is 11.6 Å². The minimum atomic E-state index is -0.837. The first-order valence-electron chi connectivity index (χ1n) is 7.44. The van der Waals surface area contributed by atoms with Crippen LogP contribution in [0.25, 0.3) is 11.4 Å². The number of nitrogens with zero attached hydrogens (tertiary/aromatic N) is 2. The monoisotopic (exact) mass is 291 g/mol. The summed E-state index contributed by atoms with van der Waals surface area (Å²) in [6.45, 7) is 1.82. The van der Waals surface area contributed by atoms with E-state index in [4.69, 9.17) is 0 Å². The molecule has 1 aliphatic rings. The Kier molecular flexibility index (Phi) is 4.29. The van der Waals surface area contributed by atoms with E-state index in [1.165, 1.54) is 25.3 Å². The largest absolute Gasteiger partial charge is 0.331 e. The summed E-state index contributed by atoms with van der Waals surface area (Å²) >= 11 is 0. The summed E-state index contributed by atoms with van der Waals surface area (Å²) < 4.78 is 29.2. The molecule has 2 aromatic rings. The molecule has 0 radical (unpaired) electrons. The number of benzene rings is 1. The van der Waals surface area contributed by atoms with Crippen molar-refractivity contribution in [1.29, 1.82) is 0 Å². The third-order valence-corrected chi connectivity index (χ3v) is 4.04. The fraction of sp³-hybridized carbons (Fsp3) is 0.438. The average Bonchev–Trinajstić information content (AvgIpc) is 2.97. The van der Waals surface area contributed by atoms with Crippen molar-refractivity contribution in [2.75, 3.05) is 6.54 Å². The SMILES string of the molecule is Fc1cccc(-c2nccn2CC[C@@H]2CCCCN2)c1F. The van der Waals surface area contributed by atoms with Crippen molar-refractivity contribution in [3.8, 4) is 11.4 Å². The van der Waals surface area contributed by atoms with Crippen LogP contribution in [0.2, 0.25) is 0 Å². The third kappa shape index (κ3) is 3.13. The van der Waals surface area contributed by atoms with Crippen LogP contribution in [-0.2, 0) is 6.54 Å². The van der Waals surface area contributed by atoms with Crippen LogP contribution in [0.15, 0.2) is 30.6 Å². The molecular weight excluding hydrogens is 272 g/mol. The van der Waals surface area contributed by atoms with Crippen LogP contribution in [0, 0.1) is 11.6 Å². The number of hydrogen-bond acceptors (Lipinski definition) is 2. The van der Waals surface area contributed by atoms with E-state index in [1.807, 2.05) is 10.8 Å². The zero-order chi connectivity index (χ0) is 14.7. The highest BCUT2D eigenvalue weighted by atomic mass is 19.2. The molecule has 0 saturated carbocycles. The van der Waals surface area contributed by atoms with Gasteiger partial charge in [-0.2, -0.15) is 0 Å². The molecule has 3 rings (SSSR count). The maximum absolute atomic E-state index is 13.9. The van der Waals surface area contributed by atoms with E-state index in [2.05, 4.69) is 10.3 Å². The van der Waals surface area contributed by atoms with E-state index in [0.29, 0.717) is 11.9 Å². The van der Waals surface area contributed by atoms with Gasteiger partial charge in [0.25, 0.3) is 0 Å². The lowest BCUT2D eigenvalue weighted by Gasteiger charge is -2.23. The van der Waals surface area contributed by atoms with Gasteiger partial charge in [0, 0.05) is 25.0 Å². The zero-order valence-electron chi connectivity index (χ0n) is 11.9. The second-order valence-electron chi connectivity index (χ2n) is 5.48. The summed E-state index contributed by atoms with van der Waals surface area (Å²) in [7, 11) is 0. The maximum Gasteiger partial charge on any atom is 0.169 e. The molecule has 0 unspecified atom stereocenters. The Bertz CT molecular complexity index is 603. The fourth-order valence-corrected chi connectivity index (χ4v) is 2.88. The molecule has 1 saturated heterocycles. The summed E-state index contributed by atoms with van der Waals surface area (Å²) in [6.07, 6.45) is 8.10. The molecule has 21 heavy (non-hydrogen) atoms. The van der Waals surface area contributed by atoms with Gasteiger partial charge in [-0.15, -0.1) is 0 Å². The molecule has 0 bridgehead atoms. The van der Waals surface area contributed by atoms with E-state index in [0.717, 1.165) is 25.6 Å². The smallest absolute Gasteiger partial charge is 0.169 e. The topological polar surface area (TPSA) is 29.9 Å². The van der Waals surface area contributed by atoms with Gasteiger partial charge in [0.2, 0.25) is 0 Å². The van der Waals surface area contributed by atoms with Crippen molar-refractivity contribution in [2.45, 2.75) is 38.3 Å². The van der Waals surface area contributed by atoms with Crippen LogP contribution in [0.3, 0.4) is 0 Å². The summed E-state index contributed by atoms with van der Waals surface area (Å²) in [4.78, 5) is 4.19. The third-order valence-electron chi connectivity index (χ3n) is 4.04. The molecule has 112 valence electrons. The van der Waals surface area contributed by atoms with Crippen molar-refractivity contribution in [3.63, 3.8) is 0 Å². The molecule has 1 aromatic heterocycles. The Morgan fingerprint density at radius 2 is 2.19 bits per heavy atom. The van der Waals surface area contributed by atoms with E-state index >= 15 is 0 Å². The van der Waals surface area contributed by atoms with Crippen LogP contribution in [0.1, 0.15) is 25.7 Å². The van der Waals surface area contributed by atoms with Crippen molar-refractivity contribution < 1.29 is 8.78 Å².